The average molecular weight is 334 g/mol. The van der Waals surface area contributed by atoms with Crippen LogP contribution in [0.15, 0.2) is 67.0 Å². The summed E-state index contributed by atoms with van der Waals surface area (Å²) in [6.45, 7) is 5.77. The number of allylic oxidation sites excluding steroid dienone is 3. The minimum atomic E-state index is -1.10. The Bertz CT molecular complexity index is 626. The molecule has 1 aromatic carbocycles. The second-order valence-electron chi connectivity index (χ2n) is 5.61. The molecule has 0 aromatic heterocycles. The molecule has 1 aliphatic carbocycles. The van der Waals surface area contributed by atoms with E-state index in [1.165, 1.54) is 0 Å². The van der Waals surface area contributed by atoms with Gasteiger partial charge >= 0.3 is 6.09 Å². The van der Waals surface area contributed by atoms with Crippen molar-refractivity contribution in [3.63, 3.8) is 0 Å². The van der Waals surface area contributed by atoms with E-state index < -0.39 is 23.0 Å². The van der Waals surface area contributed by atoms with Crippen LogP contribution in [0.5, 0.6) is 0 Å². The zero-order valence-corrected chi connectivity index (χ0v) is 13.7. The van der Waals surface area contributed by atoms with E-state index in [2.05, 4.69) is 11.9 Å². The first kappa shape index (κ1) is 17.3. The summed E-state index contributed by atoms with van der Waals surface area (Å²) in [6, 6.07) is 9.45. The number of nitrogens with one attached hydrogen (secondary N) is 1. The summed E-state index contributed by atoms with van der Waals surface area (Å²) < 4.78 is 5.09. The molecule has 4 nitrogen and oxygen atoms in total. The molecule has 0 saturated carbocycles. The third-order valence-corrected chi connectivity index (χ3v) is 4.45. The molecule has 0 radical (unpaired) electrons. The fraction of sp³-hybridized carbons (Fsp3) is 0.278. The maximum absolute atomic E-state index is 11.8. The number of alkyl carbamates (subject to hydrolysis) is 1. The van der Waals surface area contributed by atoms with Gasteiger partial charge < -0.3 is 15.2 Å². The van der Waals surface area contributed by atoms with E-state index in [0.717, 1.165) is 5.56 Å². The Hall–Kier alpha value is -2.04. The van der Waals surface area contributed by atoms with Gasteiger partial charge in [0.1, 0.15) is 11.9 Å². The van der Waals surface area contributed by atoms with Crippen molar-refractivity contribution in [2.24, 2.45) is 5.41 Å². The summed E-state index contributed by atoms with van der Waals surface area (Å²) in [5.74, 6) is -0.0383. The third kappa shape index (κ3) is 4.24. The number of hydrogen-bond donors (Lipinski definition) is 2. The summed E-state index contributed by atoms with van der Waals surface area (Å²) in [4.78, 5) is 11.8. The Kier molecular flexibility index (Phi) is 5.64. The summed E-state index contributed by atoms with van der Waals surface area (Å²) in [5, 5.41) is 12.6. The lowest BCUT2D eigenvalue weighted by atomic mass is 9.77. The van der Waals surface area contributed by atoms with Gasteiger partial charge in [-0.1, -0.05) is 68.1 Å². The third-order valence-electron chi connectivity index (χ3n) is 3.84. The number of ether oxygens (including phenoxy) is 1. The molecule has 0 aliphatic heterocycles. The van der Waals surface area contributed by atoms with Crippen molar-refractivity contribution in [1.29, 1.82) is 0 Å². The van der Waals surface area contributed by atoms with Crippen LogP contribution in [-0.2, 0) is 11.3 Å². The monoisotopic (exact) mass is 333 g/mol. The fourth-order valence-corrected chi connectivity index (χ4v) is 2.57. The summed E-state index contributed by atoms with van der Waals surface area (Å²) >= 11 is 6.25. The predicted molar refractivity (Wildman–Crippen MR) is 90.9 cm³/mol. The van der Waals surface area contributed by atoms with E-state index in [4.69, 9.17) is 16.3 Å². The van der Waals surface area contributed by atoms with Crippen LogP contribution in [0.2, 0.25) is 0 Å². The maximum Gasteiger partial charge on any atom is 0.412 e. The molecule has 0 heterocycles. The van der Waals surface area contributed by atoms with Gasteiger partial charge in [-0.3, -0.25) is 0 Å². The number of aliphatic hydroxyl groups excluding tert-OH is 1. The zero-order valence-electron chi connectivity index (χ0n) is 12.9. The van der Waals surface area contributed by atoms with Crippen molar-refractivity contribution in [3.05, 3.63) is 72.5 Å². The molecule has 2 rings (SSSR count). The van der Waals surface area contributed by atoms with E-state index in [1.54, 1.807) is 25.2 Å². The Morgan fingerprint density at radius 2 is 2.13 bits per heavy atom. The van der Waals surface area contributed by atoms with Crippen molar-refractivity contribution in [3.8, 4) is 0 Å². The van der Waals surface area contributed by atoms with Gasteiger partial charge in [-0.05, 0) is 5.56 Å². The van der Waals surface area contributed by atoms with E-state index in [-0.39, 0.29) is 5.76 Å². The molecule has 0 spiro atoms. The molecule has 0 saturated heterocycles. The van der Waals surface area contributed by atoms with Gasteiger partial charge in [-0.25, -0.2) is 4.79 Å². The zero-order chi connectivity index (χ0) is 16.9. The number of amides is 1. The molecular formula is C18H20ClNO3. The molecule has 1 aliphatic rings. The van der Waals surface area contributed by atoms with Crippen LogP contribution in [0.4, 0.5) is 4.79 Å². The quantitative estimate of drug-likeness (QED) is 0.640. The topological polar surface area (TPSA) is 58.6 Å². The van der Waals surface area contributed by atoms with Gasteiger partial charge in [-0.15, -0.1) is 11.6 Å². The number of aliphatic hydroxyl groups is 1. The smallest absolute Gasteiger partial charge is 0.412 e. The fourth-order valence-electron chi connectivity index (χ4n) is 2.29. The minimum absolute atomic E-state index is 0.0383. The van der Waals surface area contributed by atoms with Crippen molar-refractivity contribution in [2.45, 2.75) is 24.9 Å². The van der Waals surface area contributed by atoms with Gasteiger partial charge in [0.2, 0.25) is 0 Å². The molecule has 0 fully saturated rings. The van der Waals surface area contributed by atoms with Crippen molar-refractivity contribution in [2.75, 3.05) is 0 Å². The second kappa shape index (κ2) is 7.49. The maximum atomic E-state index is 11.8. The average Bonchev–Trinajstić information content (AvgIpc) is 2.56. The first-order valence-corrected chi connectivity index (χ1v) is 7.73. The standard InChI is InChI=1S/C18H20ClNO3/c1-13(16(21)18(2)11-7-6-10-15(18)19)23-17(22)20-12-14-8-4-3-5-9-14/h3-11,15-16,21H,1,12H2,2H3,(H,20,22)/t15?,16-,18?/m0/s1. The van der Waals surface area contributed by atoms with Crippen molar-refractivity contribution in [1.82, 2.24) is 5.32 Å². The predicted octanol–water partition coefficient (Wildman–Crippen LogP) is 3.53. The number of benzene rings is 1. The highest BCUT2D eigenvalue weighted by atomic mass is 35.5. The summed E-state index contributed by atoms with van der Waals surface area (Å²) in [5.41, 5.74) is 0.163. The lowest BCUT2D eigenvalue weighted by molar-refractivity contribution is 0.0566. The molecule has 2 N–H and O–H groups in total. The number of rotatable bonds is 5. The first-order valence-electron chi connectivity index (χ1n) is 7.30. The molecule has 23 heavy (non-hydrogen) atoms. The van der Waals surface area contributed by atoms with Crippen LogP contribution in [0.3, 0.4) is 0 Å². The molecule has 3 atom stereocenters. The highest BCUT2D eigenvalue weighted by Crippen LogP contribution is 2.38. The van der Waals surface area contributed by atoms with Crippen molar-refractivity contribution < 1.29 is 14.6 Å². The number of alkyl halides is 1. The second-order valence-corrected chi connectivity index (χ2v) is 6.08. The van der Waals surface area contributed by atoms with Crippen LogP contribution in [0.1, 0.15) is 12.5 Å². The van der Waals surface area contributed by atoms with E-state index in [0.29, 0.717) is 6.54 Å². The van der Waals surface area contributed by atoms with E-state index in [1.807, 2.05) is 36.4 Å². The normalized spacial score (nSPS) is 24.0. The Morgan fingerprint density at radius 3 is 2.78 bits per heavy atom. The number of carbonyl (C=O) groups is 1. The van der Waals surface area contributed by atoms with Gasteiger partial charge in [0.05, 0.1) is 5.38 Å². The van der Waals surface area contributed by atoms with Crippen LogP contribution < -0.4 is 5.32 Å². The molecule has 2 unspecified atom stereocenters. The lowest BCUT2D eigenvalue weighted by Crippen LogP contribution is -2.41. The van der Waals surface area contributed by atoms with Crippen LogP contribution in [0.25, 0.3) is 0 Å². The van der Waals surface area contributed by atoms with Crippen LogP contribution >= 0.6 is 11.6 Å². The largest absolute Gasteiger partial charge is 0.413 e. The first-order chi connectivity index (χ1) is 10.9. The minimum Gasteiger partial charge on any atom is -0.413 e. The highest BCUT2D eigenvalue weighted by Gasteiger charge is 2.40. The van der Waals surface area contributed by atoms with Gasteiger partial charge in [0, 0.05) is 12.0 Å². The highest BCUT2D eigenvalue weighted by molar-refractivity contribution is 6.22. The summed E-state index contributed by atoms with van der Waals surface area (Å²) in [7, 11) is 0. The molecule has 122 valence electrons. The van der Waals surface area contributed by atoms with Crippen molar-refractivity contribution >= 4 is 17.7 Å². The molecular weight excluding hydrogens is 314 g/mol. The molecule has 5 heteroatoms. The Balaban J connectivity index is 1.89. The van der Waals surface area contributed by atoms with Crippen LogP contribution in [-0.4, -0.2) is 22.7 Å². The number of hydrogen-bond acceptors (Lipinski definition) is 3. The lowest BCUT2D eigenvalue weighted by Gasteiger charge is -2.36. The number of halogens is 1. The molecule has 0 bridgehead atoms. The van der Waals surface area contributed by atoms with Gasteiger partial charge in [0.25, 0.3) is 0 Å². The Morgan fingerprint density at radius 1 is 1.43 bits per heavy atom. The van der Waals surface area contributed by atoms with E-state index >= 15 is 0 Å². The van der Waals surface area contributed by atoms with Gasteiger partial charge in [-0.2, -0.15) is 0 Å². The molecule has 1 amide bonds. The SMILES string of the molecule is C=C(OC(=O)NCc1ccccc1)[C@H](O)C1(C)C=CC=CC1Cl. The number of carbonyl (C=O) groups excluding carboxylic acids is 1. The van der Waals surface area contributed by atoms with Gasteiger partial charge in [0.15, 0.2) is 0 Å². The van der Waals surface area contributed by atoms with E-state index in [9.17, 15) is 9.90 Å². The molecule has 1 aromatic rings. The van der Waals surface area contributed by atoms with Crippen LogP contribution in [0, 0.1) is 5.41 Å². The Labute approximate surface area is 141 Å². The summed E-state index contributed by atoms with van der Waals surface area (Å²) in [6.07, 6.45) is 5.39.